The van der Waals surface area contributed by atoms with Crippen LogP contribution in [0, 0.1) is 0 Å². The van der Waals surface area contributed by atoms with Crippen LogP contribution in [0.5, 0.6) is 0 Å². The number of hydrogen-bond donors (Lipinski definition) is 3. The van der Waals surface area contributed by atoms with E-state index < -0.39 is 34.4 Å². The van der Waals surface area contributed by atoms with Gasteiger partial charge in [-0.15, -0.1) is 0 Å². The second kappa shape index (κ2) is 5.12. The minimum absolute atomic E-state index is 0.821. The highest BCUT2D eigenvalue weighted by Crippen LogP contribution is 2.06. The number of aliphatic carboxylic acids is 1. The first-order chi connectivity index (χ1) is 7.02. The summed E-state index contributed by atoms with van der Waals surface area (Å²) in [6.45, 7) is 3.86. The van der Waals surface area contributed by atoms with Gasteiger partial charge in [0.1, 0.15) is 12.1 Å². The summed E-state index contributed by atoms with van der Waals surface area (Å²) >= 11 is 0. The van der Waals surface area contributed by atoms with Crippen molar-refractivity contribution in [2.75, 3.05) is 6.54 Å². The van der Waals surface area contributed by atoms with E-state index in [0.717, 1.165) is 0 Å². The number of amides is 1. The second-order valence-electron chi connectivity index (χ2n) is 3.82. The lowest BCUT2D eigenvalue weighted by Crippen LogP contribution is -2.44. The predicted molar refractivity (Wildman–Crippen MR) is 53.9 cm³/mol. The molecule has 94 valence electrons. The lowest BCUT2D eigenvalue weighted by Gasteiger charge is -2.19. The third-order valence-electron chi connectivity index (χ3n) is 1.03. The molecule has 0 saturated carbocycles. The largest absolute Gasteiger partial charge is 0.480 e. The Morgan fingerprint density at radius 1 is 1.31 bits per heavy atom. The molecule has 0 aromatic rings. The van der Waals surface area contributed by atoms with Crippen molar-refractivity contribution >= 4 is 22.3 Å². The standard InChI is InChI=1S/C7H14N2O6S/c1-7(2,3)15-6(12)9-16(13,14)8-4-5(10)11/h8H,4H2,1-3H3,(H,9,12)(H,10,11). The second-order valence-corrected chi connectivity index (χ2v) is 5.32. The van der Waals surface area contributed by atoms with Crippen molar-refractivity contribution in [1.82, 2.24) is 9.44 Å². The number of ether oxygens (including phenoxy) is 1. The van der Waals surface area contributed by atoms with Gasteiger partial charge in [-0.05, 0) is 20.8 Å². The molecule has 0 rings (SSSR count). The van der Waals surface area contributed by atoms with Crippen molar-refractivity contribution in [2.45, 2.75) is 26.4 Å². The van der Waals surface area contributed by atoms with E-state index in [-0.39, 0.29) is 0 Å². The molecular weight excluding hydrogens is 240 g/mol. The van der Waals surface area contributed by atoms with Crippen LogP contribution in [0.15, 0.2) is 0 Å². The Labute approximate surface area is 93.2 Å². The molecule has 8 nitrogen and oxygen atoms in total. The molecule has 16 heavy (non-hydrogen) atoms. The first kappa shape index (κ1) is 14.6. The van der Waals surface area contributed by atoms with Crippen LogP contribution < -0.4 is 9.44 Å². The minimum atomic E-state index is -4.20. The Balaban J connectivity index is 4.27. The third kappa shape index (κ3) is 8.00. The van der Waals surface area contributed by atoms with Crippen LogP contribution in [-0.4, -0.2) is 37.7 Å². The number of carbonyl (C=O) groups excluding carboxylic acids is 1. The maximum absolute atomic E-state index is 11.0. The van der Waals surface area contributed by atoms with Crippen LogP contribution in [0.4, 0.5) is 4.79 Å². The van der Waals surface area contributed by atoms with E-state index in [1.54, 1.807) is 25.5 Å². The van der Waals surface area contributed by atoms with Crippen molar-refractivity contribution in [3.63, 3.8) is 0 Å². The Morgan fingerprint density at radius 3 is 2.19 bits per heavy atom. The van der Waals surface area contributed by atoms with Crippen LogP contribution in [-0.2, 0) is 19.7 Å². The quantitative estimate of drug-likeness (QED) is 0.617. The molecule has 0 atom stereocenters. The van der Waals surface area contributed by atoms with Gasteiger partial charge in [-0.3, -0.25) is 4.79 Å². The van der Waals surface area contributed by atoms with E-state index in [9.17, 15) is 18.0 Å². The molecule has 0 spiro atoms. The smallest absolute Gasteiger partial charge is 0.422 e. The monoisotopic (exact) mass is 254 g/mol. The van der Waals surface area contributed by atoms with Crippen molar-refractivity contribution in [1.29, 1.82) is 0 Å². The molecule has 0 aromatic heterocycles. The van der Waals surface area contributed by atoms with Crippen LogP contribution >= 0.6 is 0 Å². The zero-order valence-corrected chi connectivity index (χ0v) is 9.92. The molecule has 0 bridgehead atoms. The normalized spacial score (nSPS) is 11.9. The molecule has 0 unspecified atom stereocenters. The number of hydrogen-bond acceptors (Lipinski definition) is 5. The molecule has 0 fully saturated rings. The summed E-state index contributed by atoms with van der Waals surface area (Å²) < 4.78 is 29.9. The Kier molecular flexibility index (Phi) is 4.69. The van der Waals surface area contributed by atoms with Gasteiger partial charge in [0, 0.05) is 0 Å². The van der Waals surface area contributed by atoms with Gasteiger partial charge in [0.25, 0.3) is 0 Å². The summed E-state index contributed by atoms with van der Waals surface area (Å²) in [4.78, 5) is 21.1. The summed E-state index contributed by atoms with van der Waals surface area (Å²) in [5.74, 6) is -1.37. The molecule has 0 aliphatic heterocycles. The van der Waals surface area contributed by atoms with Crippen molar-refractivity contribution in [3.8, 4) is 0 Å². The number of carboxylic acid groups (broad SMARTS) is 1. The maximum Gasteiger partial charge on any atom is 0.422 e. The summed E-state index contributed by atoms with van der Waals surface area (Å²) in [7, 11) is -4.20. The fraction of sp³-hybridized carbons (Fsp3) is 0.714. The summed E-state index contributed by atoms with van der Waals surface area (Å²) in [6.07, 6.45) is -1.18. The zero-order chi connectivity index (χ0) is 13.0. The van der Waals surface area contributed by atoms with Gasteiger partial charge in [-0.25, -0.2) is 9.52 Å². The van der Waals surface area contributed by atoms with Gasteiger partial charge in [-0.2, -0.15) is 13.1 Å². The molecule has 0 saturated heterocycles. The average molecular weight is 254 g/mol. The number of carbonyl (C=O) groups is 2. The van der Waals surface area contributed by atoms with E-state index in [1.807, 2.05) is 0 Å². The molecule has 0 aliphatic carbocycles. The molecular formula is C7H14N2O6S. The highest BCUT2D eigenvalue weighted by atomic mass is 32.2. The first-order valence-corrected chi connectivity index (χ1v) is 5.72. The third-order valence-corrected chi connectivity index (χ3v) is 1.99. The predicted octanol–water partition coefficient (Wildman–Crippen LogP) is -0.570. The average Bonchev–Trinajstić information content (AvgIpc) is 1.95. The summed E-state index contributed by atoms with van der Waals surface area (Å²) in [6, 6.07) is 0. The Bertz CT molecular complexity index is 369. The maximum atomic E-state index is 11.0. The van der Waals surface area contributed by atoms with E-state index >= 15 is 0 Å². The van der Waals surface area contributed by atoms with Crippen LogP contribution in [0.1, 0.15) is 20.8 Å². The molecule has 0 heterocycles. The first-order valence-electron chi connectivity index (χ1n) is 4.24. The molecule has 9 heteroatoms. The van der Waals surface area contributed by atoms with Crippen molar-refractivity contribution in [3.05, 3.63) is 0 Å². The molecule has 0 aliphatic rings. The van der Waals surface area contributed by atoms with Gasteiger partial charge in [0.05, 0.1) is 0 Å². The highest BCUT2D eigenvalue weighted by Gasteiger charge is 2.21. The lowest BCUT2D eigenvalue weighted by molar-refractivity contribution is -0.135. The van der Waals surface area contributed by atoms with Crippen molar-refractivity contribution < 1.29 is 27.9 Å². The van der Waals surface area contributed by atoms with Crippen LogP contribution in [0.25, 0.3) is 0 Å². The van der Waals surface area contributed by atoms with Gasteiger partial charge in [0.15, 0.2) is 0 Å². The van der Waals surface area contributed by atoms with Crippen LogP contribution in [0.2, 0.25) is 0 Å². The fourth-order valence-electron chi connectivity index (χ4n) is 0.601. The SMILES string of the molecule is CC(C)(C)OC(=O)NS(=O)(=O)NCC(=O)O. The fourth-order valence-corrected chi connectivity index (χ4v) is 1.25. The molecule has 0 radical (unpaired) electrons. The van der Waals surface area contributed by atoms with Gasteiger partial charge >= 0.3 is 22.3 Å². The molecule has 3 N–H and O–H groups in total. The molecule has 1 amide bonds. The van der Waals surface area contributed by atoms with Gasteiger partial charge in [0.2, 0.25) is 0 Å². The lowest BCUT2D eigenvalue weighted by atomic mass is 10.2. The Morgan fingerprint density at radius 2 is 1.81 bits per heavy atom. The van der Waals surface area contributed by atoms with Gasteiger partial charge < -0.3 is 9.84 Å². The number of carboxylic acids is 1. The summed E-state index contributed by atoms with van der Waals surface area (Å²) in [5.41, 5.74) is -0.841. The van der Waals surface area contributed by atoms with Crippen LogP contribution in [0.3, 0.4) is 0 Å². The zero-order valence-electron chi connectivity index (χ0n) is 9.10. The van der Waals surface area contributed by atoms with E-state index in [2.05, 4.69) is 4.74 Å². The van der Waals surface area contributed by atoms with E-state index in [4.69, 9.17) is 5.11 Å². The Hall–Kier alpha value is -1.35. The number of nitrogens with one attached hydrogen (secondary N) is 2. The summed E-state index contributed by atoms with van der Waals surface area (Å²) in [5, 5.41) is 8.23. The van der Waals surface area contributed by atoms with E-state index in [1.165, 1.54) is 4.72 Å². The van der Waals surface area contributed by atoms with Gasteiger partial charge in [-0.1, -0.05) is 0 Å². The highest BCUT2D eigenvalue weighted by molar-refractivity contribution is 7.88. The minimum Gasteiger partial charge on any atom is -0.480 e. The van der Waals surface area contributed by atoms with Crippen molar-refractivity contribution in [2.24, 2.45) is 0 Å². The number of rotatable bonds is 4. The van der Waals surface area contributed by atoms with E-state index in [0.29, 0.717) is 0 Å². The molecule has 0 aromatic carbocycles. The topological polar surface area (TPSA) is 122 Å².